The summed E-state index contributed by atoms with van der Waals surface area (Å²) in [4.78, 5) is 22.0. The lowest BCUT2D eigenvalue weighted by Gasteiger charge is -2.08. The second-order valence-corrected chi connectivity index (χ2v) is 3.28. The molecule has 5 heteroatoms. The van der Waals surface area contributed by atoms with Crippen molar-refractivity contribution in [3.05, 3.63) is 22.3 Å². The van der Waals surface area contributed by atoms with E-state index in [1.165, 1.54) is 6.92 Å². The Morgan fingerprint density at radius 1 is 1.33 bits per heavy atom. The summed E-state index contributed by atoms with van der Waals surface area (Å²) >= 11 is 0. The fourth-order valence-corrected chi connectivity index (χ4v) is 1.63. The van der Waals surface area contributed by atoms with Crippen LogP contribution < -0.4 is 0 Å². The lowest BCUT2D eigenvalue weighted by molar-refractivity contribution is 0.0532. The van der Waals surface area contributed by atoms with Gasteiger partial charge in [-0.25, -0.2) is 4.79 Å². The number of rotatable bonds is 1. The molecule has 2 N–H and O–H groups in total. The normalized spacial score (nSPS) is 13.5. The second-order valence-electron chi connectivity index (χ2n) is 3.28. The van der Waals surface area contributed by atoms with E-state index >= 15 is 0 Å². The van der Waals surface area contributed by atoms with Crippen molar-refractivity contribution >= 4 is 12.3 Å². The molecule has 0 saturated heterocycles. The van der Waals surface area contributed by atoms with Crippen LogP contribution in [0.1, 0.15) is 31.8 Å². The van der Waals surface area contributed by atoms with Crippen LogP contribution in [0.15, 0.2) is 0 Å². The maximum Gasteiger partial charge on any atom is 0.342 e. The highest BCUT2D eigenvalue weighted by Crippen LogP contribution is 2.39. The Bertz CT molecular complexity index is 475. The molecular weight excluding hydrogens is 200 g/mol. The highest BCUT2D eigenvalue weighted by Gasteiger charge is 2.31. The van der Waals surface area contributed by atoms with E-state index in [1.807, 2.05) is 0 Å². The van der Waals surface area contributed by atoms with E-state index in [4.69, 9.17) is 0 Å². The molecule has 78 valence electrons. The molecule has 1 aliphatic rings. The van der Waals surface area contributed by atoms with E-state index in [0.717, 1.165) is 0 Å². The number of hydrogen-bond acceptors (Lipinski definition) is 5. The number of phenolic OH excluding ortho intramolecular Hbond substituents is 2. The third kappa shape index (κ3) is 1.09. The van der Waals surface area contributed by atoms with Crippen molar-refractivity contribution in [3.8, 4) is 11.5 Å². The Balaban J connectivity index is 2.87. The van der Waals surface area contributed by atoms with E-state index in [-0.39, 0.29) is 40.4 Å². The minimum Gasteiger partial charge on any atom is -0.507 e. The lowest BCUT2D eigenvalue weighted by atomic mass is 9.98. The molecule has 2 rings (SSSR count). The molecule has 0 atom stereocenters. The molecule has 0 amide bonds. The van der Waals surface area contributed by atoms with Gasteiger partial charge in [-0.1, -0.05) is 0 Å². The molecule has 0 aliphatic carbocycles. The average molecular weight is 208 g/mol. The Morgan fingerprint density at radius 3 is 2.60 bits per heavy atom. The topological polar surface area (TPSA) is 83.8 Å². The standard InChI is InChI=1S/C10H8O5/c1-4-8(12)5(2-11)6-3-15-10(14)7(6)9(4)13/h2,12-13H,3H2,1H3. The third-order valence-corrected chi connectivity index (χ3v) is 2.50. The van der Waals surface area contributed by atoms with Crippen LogP contribution >= 0.6 is 0 Å². The zero-order valence-electron chi connectivity index (χ0n) is 7.90. The molecule has 0 aromatic heterocycles. The third-order valence-electron chi connectivity index (χ3n) is 2.50. The lowest BCUT2D eigenvalue weighted by Crippen LogP contribution is -1.99. The molecule has 0 saturated carbocycles. The van der Waals surface area contributed by atoms with Crippen molar-refractivity contribution in [2.24, 2.45) is 0 Å². The number of aldehydes is 1. The molecular formula is C10H8O5. The molecule has 0 radical (unpaired) electrons. The van der Waals surface area contributed by atoms with Crippen molar-refractivity contribution in [1.82, 2.24) is 0 Å². The Labute approximate surface area is 84.9 Å². The average Bonchev–Trinajstić information content (AvgIpc) is 2.58. The number of aromatic hydroxyl groups is 2. The van der Waals surface area contributed by atoms with Crippen molar-refractivity contribution in [2.45, 2.75) is 13.5 Å². The number of benzene rings is 1. The minimum absolute atomic E-state index is 0.00569. The van der Waals surface area contributed by atoms with Gasteiger partial charge in [0.05, 0.1) is 5.56 Å². The monoisotopic (exact) mass is 208 g/mol. The van der Waals surface area contributed by atoms with Crippen molar-refractivity contribution in [1.29, 1.82) is 0 Å². The largest absolute Gasteiger partial charge is 0.507 e. The van der Waals surface area contributed by atoms with Crippen LogP contribution in [0.25, 0.3) is 0 Å². The van der Waals surface area contributed by atoms with Crippen LogP contribution in [0.5, 0.6) is 11.5 Å². The van der Waals surface area contributed by atoms with Gasteiger partial charge in [0.25, 0.3) is 0 Å². The summed E-state index contributed by atoms with van der Waals surface area (Å²) in [5.41, 5.74) is 0.337. The first-order chi connectivity index (χ1) is 7.07. The van der Waals surface area contributed by atoms with Gasteiger partial charge in [0.15, 0.2) is 6.29 Å². The van der Waals surface area contributed by atoms with Crippen molar-refractivity contribution in [3.63, 3.8) is 0 Å². The van der Waals surface area contributed by atoms with Gasteiger partial charge in [0.1, 0.15) is 23.7 Å². The fraction of sp³-hybridized carbons (Fsp3) is 0.200. The molecule has 15 heavy (non-hydrogen) atoms. The zero-order chi connectivity index (χ0) is 11.2. The maximum atomic E-state index is 11.2. The van der Waals surface area contributed by atoms with Gasteiger partial charge in [0.2, 0.25) is 0 Å². The van der Waals surface area contributed by atoms with Crippen LogP contribution in [0.2, 0.25) is 0 Å². The first kappa shape index (κ1) is 9.51. The van der Waals surface area contributed by atoms with E-state index in [1.54, 1.807) is 0 Å². The number of ether oxygens (including phenoxy) is 1. The molecule has 0 spiro atoms. The van der Waals surface area contributed by atoms with E-state index in [2.05, 4.69) is 4.74 Å². The Hall–Kier alpha value is -2.04. The van der Waals surface area contributed by atoms with Gasteiger partial charge in [-0.05, 0) is 6.92 Å². The van der Waals surface area contributed by atoms with E-state index < -0.39 is 5.97 Å². The first-order valence-corrected chi connectivity index (χ1v) is 4.27. The molecule has 5 nitrogen and oxygen atoms in total. The van der Waals surface area contributed by atoms with E-state index in [9.17, 15) is 19.8 Å². The van der Waals surface area contributed by atoms with Gasteiger partial charge in [0, 0.05) is 11.1 Å². The van der Waals surface area contributed by atoms with E-state index in [0.29, 0.717) is 6.29 Å². The molecule has 1 aromatic rings. The van der Waals surface area contributed by atoms with Crippen LogP contribution in [0, 0.1) is 6.92 Å². The molecule has 1 heterocycles. The smallest absolute Gasteiger partial charge is 0.342 e. The highest BCUT2D eigenvalue weighted by molar-refractivity contribution is 6.01. The maximum absolute atomic E-state index is 11.2. The van der Waals surface area contributed by atoms with Crippen LogP contribution in [-0.2, 0) is 11.3 Å². The molecule has 0 fully saturated rings. The highest BCUT2D eigenvalue weighted by atomic mass is 16.5. The molecule has 1 aromatic carbocycles. The Morgan fingerprint density at radius 2 is 2.00 bits per heavy atom. The van der Waals surface area contributed by atoms with Gasteiger partial charge in [-0.2, -0.15) is 0 Å². The van der Waals surface area contributed by atoms with Crippen LogP contribution in [-0.4, -0.2) is 22.5 Å². The van der Waals surface area contributed by atoms with Crippen molar-refractivity contribution < 1.29 is 24.5 Å². The van der Waals surface area contributed by atoms with Gasteiger partial charge < -0.3 is 14.9 Å². The quantitative estimate of drug-likeness (QED) is 0.529. The summed E-state index contributed by atoms with van der Waals surface area (Å²) in [6.07, 6.45) is 0.447. The summed E-state index contributed by atoms with van der Waals surface area (Å²) in [6, 6.07) is 0. The zero-order valence-corrected chi connectivity index (χ0v) is 7.90. The number of cyclic esters (lactones) is 1. The second kappa shape index (κ2) is 2.98. The number of fused-ring (bicyclic) bond motifs is 1. The SMILES string of the molecule is Cc1c(O)c(C=O)c2c(c1O)C(=O)OC2. The molecule has 1 aliphatic heterocycles. The van der Waals surface area contributed by atoms with Gasteiger partial charge >= 0.3 is 5.97 Å². The van der Waals surface area contributed by atoms with Gasteiger partial charge in [-0.3, -0.25) is 4.79 Å². The van der Waals surface area contributed by atoms with Crippen LogP contribution in [0.4, 0.5) is 0 Å². The number of phenols is 2. The fourth-order valence-electron chi connectivity index (χ4n) is 1.63. The Kier molecular flexibility index (Phi) is 1.89. The van der Waals surface area contributed by atoms with Crippen molar-refractivity contribution in [2.75, 3.05) is 0 Å². The number of carbonyl (C=O) groups is 2. The number of carbonyl (C=O) groups excluding carboxylic acids is 2. The summed E-state index contributed by atoms with van der Waals surface area (Å²) in [7, 11) is 0. The molecule has 0 bridgehead atoms. The predicted molar refractivity (Wildman–Crippen MR) is 49.0 cm³/mol. The predicted octanol–water partition coefficient (Wildman–Crippen LogP) is 0.889. The summed E-state index contributed by atoms with van der Waals surface area (Å²) in [5.74, 6) is -1.30. The number of hydrogen-bond donors (Lipinski definition) is 2. The first-order valence-electron chi connectivity index (χ1n) is 4.27. The summed E-state index contributed by atoms with van der Waals surface area (Å²) in [5, 5.41) is 19.2. The summed E-state index contributed by atoms with van der Waals surface area (Å²) < 4.78 is 4.69. The number of esters is 1. The van der Waals surface area contributed by atoms with Gasteiger partial charge in [-0.15, -0.1) is 0 Å². The molecule has 0 unspecified atom stereocenters. The van der Waals surface area contributed by atoms with Crippen LogP contribution in [0.3, 0.4) is 0 Å². The minimum atomic E-state index is -0.672. The summed E-state index contributed by atoms with van der Waals surface area (Å²) in [6.45, 7) is 1.33.